The number of alkyl halides is 3. The van der Waals surface area contributed by atoms with E-state index in [4.69, 9.17) is 5.11 Å². The smallest absolute Gasteiger partial charge is 0.347 e. The van der Waals surface area contributed by atoms with E-state index in [1.165, 1.54) is 12.1 Å². The average Bonchev–Trinajstić information content (AvgIpc) is 2.48. The Hall–Kier alpha value is -2.37. The number of hydrogen-bond donors (Lipinski definition) is 1. The van der Waals surface area contributed by atoms with Crippen LogP contribution in [0.2, 0.25) is 0 Å². The number of benzene rings is 1. The van der Waals surface area contributed by atoms with Crippen molar-refractivity contribution >= 4 is 5.97 Å². The van der Waals surface area contributed by atoms with E-state index in [-0.39, 0.29) is 5.56 Å². The molecule has 0 bridgehead atoms. The summed E-state index contributed by atoms with van der Waals surface area (Å²) in [6.45, 7) is 3.80. The van der Waals surface area contributed by atoms with E-state index in [1.807, 2.05) is 13.8 Å². The minimum absolute atomic E-state index is 0.198. The quantitative estimate of drug-likeness (QED) is 0.906. The molecule has 3 nitrogen and oxygen atoms in total. The first kappa shape index (κ1) is 17.0. The van der Waals surface area contributed by atoms with Crippen LogP contribution >= 0.6 is 0 Å². The van der Waals surface area contributed by atoms with Gasteiger partial charge >= 0.3 is 5.97 Å². The highest BCUT2D eigenvalue weighted by Gasteiger charge is 2.48. The van der Waals surface area contributed by atoms with Crippen LogP contribution in [0.1, 0.15) is 16.7 Å². The van der Waals surface area contributed by atoms with Crippen molar-refractivity contribution in [2.75, 3.05) is 0 Å². The maximum absolute atomic E-state index is 13.9. The van der Waals surface area contributed by atoms with Gasteiger partial charge in [0.2, 0.25) is 0 Å². The summed E-state index contributed by atoms with van der Waals surface area (Å²) in [5, 5.41) is 8.71. The number of aliphatic carboxylic acids is 1. The molecule has 1 aromatic carbocycles. The second kappa shape index (κ2) is 6.40. The summed E-state index contributed by atoms with van der Waals surface area (Å²) in [6.07, 6.45) is -1.05. The molecule has 0 saturated carbocycles. The molecule has 2 aromatic rings. The zero-order chi connectivity index (χ0) is 17.2. The van der Waals surface area contributed by atoms with Gasteiger partial charge in [0.05, 0.1) is 0 Å². The molecular weight excluding hydrogens is 307 g/mol. The fourth-order valence-corrected chi connectivity index (χ4v) is 2.49. The summed E-state index contributed by atoms with van der Waals surface area (Å²) in [4.78, 5) is 14.9. The Bertz CT molecular complexity index is 696. The maximum atomic E-state index is 13.9. The lowest BCUT2D eigenvalue weighted by Crippen LogP contribution is -2.43. The lowest BCUT2D eigenvalue weighted by atomic mass is 9.93. The molecule has 0 aliphatic rings. The largest absolute Gasteiger partial charge is 0.479 e. The Kier molecular flexibility index (Phi) is 4.73. The maximum Gasteiger partial charge on any atom is 0.347 e. The van der Waals surface area contributed by atoms with E-state index < -0.39 is 24.5 Å². The molecule has 1 atom stereocenters. The fourth-order valence-electron chi connectivity index (χ4n) is 2.49. The van der Waals surface area contributed by atoms with E-state index in [9.17, 15) is 18.0 Å². The molecule has 1 aromatic heterocycles. The van der Waals surface area contributed by atoms with Crippen LogP contribution in [0, 0.1) is 13.8 Å². The number of aromatic nitrogens is 1. The Morgan fingerprint density at radius 1 is 1.17 bits per heavy atom. The van der Waals surface area contributed by atoms with Gasteiger partial charge in [-0.25, -0.2) is 18.0 Å². The number of hydrogen-bond acceptors (Lipinski definition) is 2. The minimum Gasteiger partial charge on any atom is -0.479 e. The molecule has 6 heteroatoms. The van der Waals surface area contributed by atoms with Crippen molar-refractivity contribution < 1.29 is 23.1 Å². The first-order chi connectivity index (χ1) is 10.8. The average molecular weight is 323 g/mol. The number of carboxylic acid groups (broad SMARTS) is 1. The van der Waals surface area contributed by atoms with Crippen molar-refractivity contribution in [2.45, 2.75) is 32.4 Å². The van der Waals surface area contributed by atoms with Crippen molar-refractivity contribution in [1.82, 2.24) is 4.98 Å². The number of aryl methyl sites for hydroxylation is 2. The second-order valence-corrected chi connectivity index (χ2v) is 5.49. The second-order valence-electron chi connectivity index (χ2n) is 5.49. The van der Waals surface area contributed by atoms with Gasteiger partial charge in [-0.3, -0.25) is 4.98 Å². The zero-order valence-corrected chi connectivity index (χ0v) is 12.7. The molecule has 0 radical (unpaired) electrons. The third-order valence-corrected chi connectivity index (χ3v) is 3.73. The van der Waals surface area contributed by atoms with Crippen LogP contribution in [0.3, 0.4) is 0 Å². The molecule has 0 spiro atoms. The van der Waals surface area contributed by atoms with E-state index in [2.05, 4.69) is 4.98 Å². The Balaban J connectivity index is 2.32. The van der Waals surface area contributed by atoms with E-state index in [0.29, 0.717) is 0 Å². The third kappa shape index (κ3) is 3.36. The summed E-state index contributed by atoms with van der Waals surface area (Å²) in [6, 6.07) is 6.26. The number of halogens is 3. The molecule has 0 aliphatic heterocycles. The highest BCUT2D eigenvalue weighted by atomic mass is 19.3. The van der Waals surface area contributed by atoms with Crippen LogP contribution in [0.4, 0.5) is 13.2 Å². The van der Waals surface area contributed by atoms with Gasteiger partial charge in [0.1, 0.15) is 0 Å². The topological polar surface area (TPSA) is 50.2 Å². The van der Waals surface area contributed by atoms with Gasteiger partial charge < -0.3 is 5.11 Å². The zero-order valence-electron chi connectivity index (χ0n) is 12.7. The van der Waals surface area contributed by atoms with Crippen LogP contribution < -0.4 is 0 Å². The minimum atomic E-state index is -3.59. The number of rotatable bonds is 5. The Labute approximate surface area is 131 Å². The number of pyridine rings is 1. The highest BCUT2D eigenvalue weighted by Crippen LogP contribution is 2.29. The molecule has 122 valence electrons. The standard InChI is InChI=1S/C17H16F3NO2/c1-10-8-21-9-11(2)14(10)13-5-3-12(4-6-13)7-17(20,15(18)19)16(22)23/h3-6,8-9,15H,7H2,1-2H3,(H,22,23). The van der Waals surface area contributed by atoms with E-state index >= 15 is 0 Å². The number of carbonyl (C=O) groups is 1. The molecular formula is C17H16F3NO2. The van der Waals surface area contributed by atoms with Gasteiger partial charge in [0.15, 0.2) is 0 Å². The van der Waals surface area contributed by atoms with Gasteiger partial charge in [-0.1, -0.05) is 24.3 Å². The van der Waals surface area contributed by atoms with E-state index in [1.54, 1.807) is 24.5 Å². The molecule has 0 fully saturated rings. The van der Waals surface area contributed by atoms with E-state index in [0.717, 1.165) is 22.3 Å². The van der Waals surface area contributed by atoms with Crippen LogP contribution in [-0.2, 0) is 11.2 Å². The van der Waals surface area contributed by atoms with Crippen LogP contribution in [0.5, 0.6) is 0 Å². The number of nitrogens with zero attached hydrogens (tertiary/aromatic N) is 1. The van der Waals surface area contributed by atoms with Crippen molar-refractivity contribution in [3.63, 3.8) is 0 Å². The summed E-state index contributed by atoms with van der Waals surface area (Å²) < 4.78 is 39.3. The molecule has 1 N–H and O–H groups in total. The highest BCUT2D eigenvalue weighted by molar-refractivity contribution is 5.78. The Morgan fingerprint density at radius 3 is 2.13 bits per heavy atom. The van der Waals surface area contributed by atoms with Crippen LogP contribution in [0.15, 0.2) is 36.7 Å². The molecule has 0 amide bonds. The third-order valence-electron chi connectivity index (χ3n) is 3.73. The fraction of sp³-hybridized carbons (Fsp3) is 0.294. The molecule has 0 aliphatic carbocycles. The molecule has 2 rings (SSSR count). The van der Waals surface area contributed by atoms with Crippen molar-refractivity contribution in [1.29, 1.82) is 0 Å². The monoisotopic (exact) mass is 323 g/mol. The molecule has 1 unspecified atom stereocenters. The summed E-state index contributed by atoms with van der Waals surface area (Å²) in [7, 11) is 0. The van der Waals surface area contributed by atoms with Crippen molar-refractivity contribution in [3.05, 3.63) is 53.3 Å². The predicted octanol–water partition coefficient (Wildman–Crippen LogP) is 3.97. The van der Waals surface area contributed by atoms with Gasteiger partial charge in [0.25, 0.3) is 12.1 Å². The van der Waals surface area contributed by atoms with Gasteiger partial charge in [0, 0.05) is 18.8 Å². The molecule has 1 heterocycles. The lowest BCUT2D eigenvalue weighted by molar-refractivity contribution is -0.162. The molecule has 0 saturated heterocycles. The summed E-state index contributed by atoms with van der Waals surface area (Å²) in [5.41, 5.74) is 0.326. The van der Waals surface area contributed by atoms with Crippen LogP contribution in [0.25, 0.3) is 11.1 Å². The normalized spacial score (nSPS) is 13.8. The summed E-state index contributed by atoms with van der Waals surface area (Å²) in [5.74, 6) is -2.16. The van der Waals surface area contributed by atoms with Gasteiger partial charge in [-0.15, -0.1) is 0 Å². The van der Waals surface area contributed by atoms with Crippen molar-refractivity contribution in [2.24, 2.45) is 0 Å². The first-order valence-electron chi connectivity index (χ1n) is 6.96. The van der Waals surface area contributed by atoms with Gasteiger partial charge in [-0.2, -0.15) is 0 Å². The van der Waals surface area contributed by atoms with Gasteiger partial charge in [-0.05, 0) is 41.7 Å². The summed E-state index contributed by atoms with van der Waals surface area (Å²) >= 11 is 0. The van der Waals surface area contributed by atoms with Crippen molar-refractivity contribution in [3.8, 4) is 11.1 Å². The number of carboxylic acids is 1. The SMILES string of the molecule is Cc1cncc(C)c1-c1ccc(CC(F)(C(=O)O)C(F)F)cc1. The first-order valence-corrected chi connectivity index (χ1v) is 6.96. The van der Waals surface area contributed by atoms with Crippen LogP contribution in [-0.4, -0.2) is 28.2 Å². The predicted molar refractivity (Wildman–Crippen MR) is 80.3 cm³/mol. The molecule has 23 heavy (non-hydrogen) atoms. The lowest BCUT2D eigenvalue weighted by Gasteiger charge is -2.19. The Morgan fingerprint density at radius 2 is 1.70 bits per heavy atom.